The largest absolute Gasteiger partial charge is 0.416 e. The Hall–Kier alpha value is -1.91. The molecule has 0 aliphatic carbocycles. The second kappa shape index (κ2) is 5.71. The molecule has 116 valence electrons. The monoisotopic (exact) mass is 348 g/mol. The molecular formula is C13H9Cl2F3N4. The predicted molar refractivity (Wildman–Crippen MR) is 77.1 cm³/mol. The van der Waals surface area contributed by atoms with Crippen molar-refractivity contribution < 1.29 is 13.2 Å². The van der Waals surface area contributed by atoms with Crippen LogP contribution in [0, 0.1) is 11.3 Å². The van der Waals surface area contributed by atoms with E-state index in [1.807, 2.05) is 6.07 Å². The molecule has 0 saturated carbocycles. The van der Waals surface area contributed by atoms with E-state index >= 15 is 0 Å². The first-order valence-electron chi connectivity index (χ1n) is 6.04. The van der Waals surface area contributed by atoms with E-state index in [2.05, 4.69) is 5.10 Å². The van der Waals surface area contributed by atoms with Gasteiger partial charge in [-0.1, -0.05) is 30.1 Å². The molecule has 4 nitrogen and oxygen atoms in total. The number of nitrogens with two attached hydrogens (primary N) is 1. The summed E-state index contributed by atoms with van der Waals surface area (Å²) >= 11 is 11.8. The third kappa shape index (κ3) is 2.72. The quantitative estimate of drug-likeness (QED) is 0.883. The number of hydrogen-bond donors (Lipinski definition) is 1. The number of benzene rings is 1. The van der Waals surface area contributed by atoms with Gasteiger partial charge in [0, 0.05) is 5.56 Å². The molecule has 2 N–H and O–H groups in total. The smallest absolute Gasteiger partial charge is 0.383 e. The molecule has 22 heavy (non-hydrogen) atoms. The van der Waals surface area contributed by atoms with Gasteiger partial charge in [-0.25, -0.2) is 4.68 Å². The summed E-state index contributed by atoms with van der Waals surface area (Å²) in [5.41, 5.74) is 5.48. The summed E-state index contributed by atoms with van der Waals surface area (Å²) in [5, 5.41) is 12.5. The van der Waals surface area contributed by atoms with Crippen LogP contribution in [-0.4, -0.2) is 9.78 Å². The SMILES string of the molecule is CCc1c(C#N)nn(-c2c(Cl)cc(C(F)(F)F)cc2Cl)c1N. The molecule has 9 heteroatoms. The number of hydrogen-bond acceptors (Lipinski definition) is 3. The Morgan fingerprint density at radius 1 is 1.32 bits per heavy atom. The van der Waals surface area contributed by atoms with E-state index in [0.717, 1.165) is 16.8 Å². The first kappa shape index (κ1) is 16.5. The second-order valence-electron chi connectivity index (χ2n) is 4.38. The molecule has 0 spiro atoms. The molecule has 1 heterocycles. The fourth-order valence-electron chi connectivity index (χ4n) is 2.00. The van der Waals surface area contributed by atoms with Crippen molar-refractivity contribution in [1.82, 2.24) is 9.78 Å². The lowest BCUT2D eigenvalue weighted by atomic mass is 10.2. The Morgan fingerprint density at radius 3 is 2.23 bits per heavy atom. The third-order valence-electron chi connectivity index (χ3n) is 3.04. The van der Waals surface area contributed by atoms with Crippen molar-refractivity contribution in [3.05, 3.63) is 39.0 Å². The molecule has 1 aromatic heterocycles. The average molecular weight is 349 g/mol. The molecule has 0 radical (unpaired) electrons. The van der Waals surface area contributed by atoms with E-state index in [4.69, 9.17) is 34.2 Å². The summed E-state index contributed by atoms with van der Waals surface area (Å²) in [6.45, 7) is 1.77. The van der Waals surface area contributed by atoms with Crippen LogP contribution in [0.25, 0.3) is 5.69 Å². The zero-order valence-electron chi connectivity index (χ0n) is 11.2. The van der Waals surface area contributed by atoms with E-state index in [1.54, 1.807) is 6.92 Å². The number of nitrogens with zero attached hydrogens (tertiary/aromatic N) is 3. The molecule has 0 saturated heterocycles. The number of anilines is 1. The number of halogens is 5. The van der Waals surface area contributed by atoms with Crippen molar-refractivity contribution in [3.8, 4) is 11.8 Å². The molecule has 0 aliphatic heterocycles. The highest BCUT2D eigenvalue weighted by Crippen LogP contribution is 2.38. The number of rotatable bonds is 2. The molecule has 0 amide bonds. The summed E-state index contributed by atoms with van der Waals surface area (Å²) in [7, 11) is 0. The van der Waals surface area contributed by atoms with Crippen molar-refractivity contribution in [2.45, 2.75) is 19.5 Å². The van der Waals surface area contributed by atoms with E-state index in [1.165, 1.54) is 0 Å². The van der Waals surface area contributed by atoms with Gasteiger partial charge in [-0.05, 0) is 18.6 Å². The van der Waals surface area contributed by atoms with Crippen LogP contribution in [0.2, 0.25) is 10.0 Å². The van der Waals surface area contributed by atoms with Crippen LogP contribution >= 0.6 is 23.2 Å². The number of nitrogen functional groups attached to an aromatic ring is 1. The molecular weight excluding hydrogens is 340 g/mol. The topological polar surface area (TPSA) is 67.6 Å². The van der Waals surface area contributed by atoms with E-state index in [0.29, 0.717) is 12.0 Å². The average Bonchev–Trinajstić information content (AvgIpc) is 2.73. The van der Waals surface area contributed by atoms with Crippen LogP contribution < -0.4 is 5.73 Å². The minimum absolute atomic E-state index is 0.00466. The Morgan fingerprint density at radius 2 is 1.86 bits per heavy atom. The standard InChI is InChI=1S/C13H9Cl2F3N4/c1-2-7-10(5-19)21-22(12(7)20)11-8(14)3-6(4-9(11)15)13(16,17)18/h3-4H,2,20H2,1H3. The molecule has 0 bridgehead atoms. The predicted octanol–water partition coefficient (Wildman–Crippen LogP) is 4.21. The maximum atomic E-state index is 12.7. The van der Waals surface area contributed by atoms with Crippen molar-refractivity contribution in [2.24, 2.45) is 0 Å². The van der Waals surface area contributed by atoms with E-state index in [-0.39, 0.29) is 27.2 Å². The van der Waals surface area contributed by atoms with Crippen molar-refractivity contribution in [1.29, 1.82) is 5.26 Å². The summed E-state index contributed by atoms with van der Waals surface area (Å²) in [4.78, 5) is 0. The van der Waals surface area contributed by atoms with Crippen LogP contribution in [0.5, 0.6) is 0 Å². The van der Waals surface area contributed by atoms with Crippen molar-refractivity contribution in [3.63, 3.8) is 0 Å². The van der Waals surface area contributed by atoms with Crippen LogP contribution in [0.15, 0.2) is 12.1 Å². The minimum Gasteiger partial charge on any atom is -0.383 e. The normalized spacial score (nSPS) is 11.5. The number of alkyl halides is 3. The Kier molecular flexibility index (Phi) is 4.27. The van der Waals surface area contributed by atoms with Crippen LogP contribution in [0.3, 0.4) is 0 Å². The maximum Gasteiger partial charge on any atom is 0.416 e. The highest BCUT2D eigenvalue weighted by atomic mass is 35.5. The van der Waals surface area contributed by atoms with Gasteiger partial charge in [0.1, 0.15) is 17.6 Å². The van der Waals surface area contributed by atoms with Gasteiger partial charge in [-0.3, -0.25) is 0 Å². The number of nitriles is 1. The van der Waals surface area contributed by atoms with Crippen LogP contribution in [0.1, 0.15) is 23.7 Å². The molecule has 1 aromatic carbocycles. The third-order valence-corrected chi connectivity index (χ3v) is 3.61. The first-order valence-corrected chi connectivity index (χ1v) is 6.80. The van der Waals surface area contributed by atoms with Gasteiger partial charge in [0.15, 0.2) is 5.69 Å². The molecule has 2 rings (SSSR count). The highest BCUT2D eigenvalue weighted by Gasteiger charge is 2.32. The second-order valence-corrected chi connectivity index (χ2v) is 5.19. The molecule has 2 aromatic rings. The summed E-state index contributed by atoms with van der Waals surface area (Å²) in [6, 6.07) is 3.35. The van der Waals surface area contributed by atoms with E-state index < -0.39 is 11.7 Å². The maximum absolute atomic E-state index is 12.7. The highest BCUT2D eigenvalue weighted by molar-refractivity contribution is 6.38. The molecule has 0 fully saturated rings. The number of aromatic nitrogens is 2. The van der Waals surface area contributed by atoms with Gasteiger partial charge in [0.25, 0.3) is 0 Å². The fraction of sp³-hybridized carbons (Fsp3) is 0.231. The Labute approximate surface area is 133 Å². The van der Waals surface area contributed by atoms with Crippen LogP contribution in [0.4, 0.5) is 19.0 Å². The zero-order valence-corrected chi connectivity index (χ0v) is 12.7. The molecule has 0 unspecified atom stereocenters. The lowest BCUT2D eigenvalue weighted by Gasteiger charge is -2.13. The molecule has 0 atom stereocenters. The fourth-order valence-corrected chi connectivity index (χ4v) is 2.65. The minimum atomic E-state index is -4.58. The van der Waals surface area contributed by atoms with Crippen LogP contribution in [-0.2, 0) is 12.6 Å². The molecule has 0 aliphatic rings. The van der Waals surface area contributed by atoms with Gasteiger partial charge >= 0.3 is 6.18 Å². The van der Waals surface area contributed by atoms with Crippen molar-refractivity contribution in [2.75, 3.05) is 5.73 Å². The summed E-state index contributed by atoms with van der Waals surface area (Å²) in [5.74, 6) is 0.114. The Bertz CT molecular complexity index is 752. The van der Waals surface area contributed by atoms with Gasteiger partial charge in [-0.15, -0.1) is 0 Å². The summed E-state index contributed by atoms with van der Waals surface area (Å²) < 4.78 is 39.3. The van der Waals surface area contributed by atoms with Gasteiger partial charge in [0.05, 0.1) is 15.6 Å². The van der Waals surface area contributed by atoms with Crippen molar-refractivity contribution >= 4 is 29.0 Å². The van der Waals surface area contributed by atoms with E-state index in [9.17, 15) is 13.2 Å². The van der Waals surface area contributed by atoms with Gasteiger partial charge in [-0.2, -0.15) is 23.5 Å². The lowest BCUT2D eigenvalue weighted by Crippen LogP contribution is -2.08. The first-order chi connectivity index (χ1) is 10.2. The zero-order chi connectivity index (χ0) is 16.7. The van der Waals surface area contributed by atoms with Gasteiger partial charge < -0.3 is 5.73 Å². The summed E-state index contributed by atoms with van der Waals surface area (Å²) in [6.07, 6.45) is -4.14. The Balaban J connectivity index is 2.70. The lowest BCUT2D eigenvalue weighted by molar-refractivity contribution is -0.137. The van der Waals surface area contributed by atoms with Gasteiger partial charge in [0.2, 0.25) is 0 Å².